The van der Waals surface area contributed by atoms with Gasteiger partial charge < -0.3 is 4.90 Å². The van der Waals surface area contributed by atoms with E-state index in [1.54, 1.807) is 12.1 Å². The number of anilines is 1. The van der Waals surface area contributed by atoms with Crippen LogP contribution in [0.15, 0.2) is 24.3 Å². The Kier molecular flexibility index (Phi) is 4.74. The summed E-state index contributed by atoms with van der Waals surface area (Å²) in [5, 5.41) is 8.93. The van der Waals surface area contributed by atoms with Crippen LogP contribution in [0.4, 0.5) is 5.69 Å². The van der Waals surface area contributed by atoms with Gasteiger partial charge in [0.15, 0.2) is 0 Å². The monoisotopic (exact) mass is 338 g/mol. The molecular weight excluding hydrogens is 312 g/mol. The van der Waals surface area contributed by atoms with Gasteiger partial charge in [0.1, 0.15) is 0 Å². The summed E-state index contributed by atoms with van der Waals surface area (Å²) in [7, 11) is 0. The standard InChI is InChI=1S/C20H26N4O/c21-14-16-5-7-17(8-6-16)24-13-9-19(20(24)25)23-12-3-4-18(15-23)22-10-1-2-11-22/h5-8,18-19H,1-4,9-13,15H2/t18-,19+/m1/s1. The summed E-state index contributed by atoms with van der Waals surface area (Å²) in [6.07, 6.45) is 6.03. The molecule has 3 heterocycles. The van der Waals surface area contributed by atoms with Gasteiger partial charge in [0, 0.05) is 24.8 Å². The molecule has 1 aromatic rings. The quantitative estimate of drug-likeness (QED) is 0.848. The van der Waals surface area contributed by atoms with Crippen molar-refractivity contribution in [2.24, 2.45) is 0 Å². The van der Waals surface area contributed by atoms with Gasteiger partial charge >= 0.3 is 0 Å². The van der Waals surface area contributed by atoms with Crippen LogP contribution in [0.2, 0.25) is 0 Å². The number of likely N-dealkylation sites (tertiary alicyclic amines) is 2. The van der Waals surface area contributed by atoms with E-state index in [2.05, 4.69) is 15.9 Å². The van der Waals surface area contributed by atoms with Crippen LogP contribution in [-0.4, -0.2) is 60.5 Å². The fraction of sp³-hybridized carbons (Fsp3) is 0.600. The molecule has 132 valence electrons. The summed E-state index contributed by atoms with van der Waals surface area (Å²) in [6.45, 7) is 5.32. The summed E-state index contributed by atoms with van der Waals surface area (Å²) in [5.41, 5.74) is 1.55. The van der Waals surface area contributed by atoms with Crippen LogP contribution in [0.25, 0.3) is 0 Å². The van der Waals surface area contributed by atoms with Crippen molar-refractivity contribution in [3.05, 3.63) is 29.8 Å². The Morgan fingerprint density at radius 1 is 0.920 bits per heavy atom. The maximum absolute atomic E-state index is 13.0. The Morgan fingerprint density at radius 3 is 2.36 bits per heavy atom. The van der Waals surface area contributed by atoms with Crippen molar-refractivity contribution in [3.8, 4) is 6.07 Å². The molecule has 0 spiro atoms. The lowest BCUT2D eigenvalue weighted by molar-refractivity contribution is -0.122. The highest BCUT2D eigenvalue weighted by molar-refractivity contribution is 5.99. The molecule has 3 fully saturated rings. The lowest BCUT2D eigenvalue weighted by atomic mass is 10.0. The van der Waals surface area contributed by atoms with Crippen LogP contribution >= 0.6 is 0 Å². The number of benzene rings is 1. The van der Waals surface area contributed by atoms with Crippen LogP contribution in [0.1, 0.15) is 37.7 Å². The third-order valence-electron chi connectivity index (χ3n) is 6.01. The SMILES string of the molecule is N#Cc1ccc(N2CC[C@H](N3CCC[C@@H](N4CCCC4)C3)C2=O)cc1. The number of hydrogen-bond acceptors (Lipinski definition) is 4. The van der Waals surface area contributed by atoms with Gasteiger partial charge in [0.25, 0.3) is 0 Å². The van der Waals surface area contributed by atoms with E-state index >= 15 is 0 Å². The van der Waals surface area contributed by atoms with Crippen molar-refractivity contribution in [2.75, 3.05) is 37.6 Å². The van der Waals surface area contributed by atoms with Crippen molar-refractivity contribution in [3.63, 3.8) is 0 Å². The first kappa shape index (κ1) is 16.6. The Morgan fingerprint density at radius 2 is 1.64 bits per heavy atom. The predicted molar refractivity (Wildman–Crippen MR) is 97.3 cm³/mol. The summed E-state index contributed by atoms with van der Waals surface area (Å²) in [6, 6.07) is 10.2. The summed E-state index contributed by atoms with van der Waals surface area (Å²) >= 11 is 0. The first-order valence-electron chi connectivity index (χ1n) is 9.56. The first-order chi connectivity index (χ1) is 12.3. The van der Waals surface area contributed by atoms with Crippen LogP contribution in [0.3, 0.4) is 0 Å². The van der Waals surface area contributed by atoms with E-state index in [1.807, 2.05) is 17.0 Å². The van der Waals surface area contributed by atoms with Crippen LogP contribution in [-0.2, 0) is 4.79 Å². The molecule has 0 unspecified atom stereocenters. The molecule has 25 heavy (non-hydrogen) atoms. The van der Waals surface area contributed by atoms with Crippen molar-refractivity contribution in [1.29, 1.82) is 5.26 Å². The second-order valence-corrected chi connectivity index (χ2v) is 7.49. The number of hydrogen-bond donors (Lipinski definition) is 0. The number of piperidine rings is 1. The number of nitriles is 1. The molecule has 1 amide bonds. The summed E-state index contributed by atoms with van der Waals surface area (Å²) in [5.74, 6) is 0.228. The minimum atomic E-state index is 0.0287. The second-order valence-electron chi connectivity index (χ2n) is 7.49. The lowest BCUT2D eigenvalue weighted by Gasteiger charge is -2.39. The van der Waals surface area contributed by atoms with E-state index in [0.29, 0.717) is 11.6 Å². The van der Waals surface area contributed by atoms with E-state index in [9.17, 15) is 4.79 Å². The molecule has 0 radical (unpaired) electrons. The molecule has 0 aromatic heterocycles. The Hall–Kier alpha value is -1.90. The van der Waals surface area contributed by atoms with E-state index in [-0.39, 0.29) is 11.9 Å². The number of carbonyl (C=O) groups excluding carboxylic acids is 1. The molecule has 5 nitrogen and oxygen atoms in total. The molecule has 3 aliphatic rings. The topological polar surface area (TPSA) is 50.6 Å². The van der Waals surface area contributed by atoms with Gasteiger partial charge in [-0.3, -0.25) is 14.6 Å². The zero-order valence-corrected chi connectivity index (χ0v) is 14.7. The Labute approximate surface area is 149 Å². The molecular formula is C20H26N4O. The largest absolute Gasteiger partial charge is 0.311 e. The van der Waals surface area contributed by atoms with E-state index < -0.39 is 0 Å². The highest BCUT2D eigenvalue weighted by atomic mass is 16.2. The van der Waals surface area contributed by atoms with E-state index in [0.717, 1.165) is 31.7 Å². The molecule has 0 aliphatic carbocycles. The fourth-order valence-corrected chi connectivity index (χ4v) is 4.65. The molecule has 0 bridgehead atoms. The predicted octanol–water partition coefficient (Wildman–Crippen LogP) is 2.22. The van der Waals surface area contributed by atoms with Crippen molar-refractivity contribution >= 4 is 11.6 Å². The minimum Gasteiger partial charge on any atom is -0.311 e. The highest BCUT2D eigenvalue weighted by Gasteiger charge is 2.39. The third kappa shape index (κ3) is 3.29. The highest BCUT2D eigenvalue weighted by Crippen LogP contribution is 2.28. The molecule has 0 saturated carbocycles. The van der Waals surface area contributed by atoms with E-state index in [1.165, 1.54) is 38.8 Å². The van der Waals surface area contributed by atoms with Gasteiger partial charge in [-0.15, -0.1) is 0 Å². The minimum absolute atomic E-state index is 0.0287. The molecule has 4 rings (SSSR count). The number of amides is 1. The number of carbonyl (C=O) groups is 1. The second kappa shape index (κ2) is 7.15. The fourth-order valence-electron chi connectivity index (χ4n) is 4.65. The molecule has 1 aromatic carbocycles. The molecule has 0 N–H and O–H groups in total. The van der Waals surface area contributed by atoms with Crippen LogP contribution < -0.4 is 4.90 Å². The average Bonchev–Trinajstić information content (AvgIpc) is 3.32. The third-order valence-corrected chi connectivity index (χ3v) is 6.01. The van der Waals surface area contributed by atoms with Crippen molar-refractivity contribution < 1.29 is 4.79 Å². The maximum atomic E-state index is 13.0. The van der Waals surface area contributed by atoms with Gasteiger partial charge in [-0.2, -0.15) is 5.26 Å². The average molecular weight is 338 g/mol. The zero-order valence-electron chi connectivity index (χ0n) is 14.7. The van der Waals surface area contributed by atoms with Gasteiger partial charge in [0.2, 0.25) is 5.91 Å². The summed E-state index contributed by atoms with van der Waals surface area (Å²) < 4.78 is 0. The molecule has 3 saturated heterocycles. The van der Waals surface area contributed by atoms with Crippen molar-refractivity contribution in [2.45, 2.75) is 44.2 Å². The van der Waals surface area contributed by atoms with E-state index in [4.69, 9.17) is 5.26 Å². The first-order valence-corrected chi connectivity index (χ1v) is 9.56. The molecule has 2 atom stereocenters. The molecule has 5 heteroatoms. The zero-order chi connectivity index (χ0) is 17.2. The van der Waals surface area contributed by atoms with Gasteiger partial charge in [-0.1, -0.05) is 0 Å². The lowest BCUT2D eigenvalue weighted by Crippen LogP contribution is -2.52. The van der Waals surface area contributed by atoms with Crippen LogP contribution in [0, 0.1) is 11.3 Å². The normalized spacial score (nSPS) is 28.4. The van der Waals surface area contributed by atoms with Gasteiger partial charge in [-0.25, -0.2) is 0 Å². The maximum Gasteiger partial charge on any atom is 0.244 e. The van der Waals surface area contributed by atoms with Gasteiger partial charge in [0.05, 0.1) is 17.7 Å². The Bertz CT molecular complexity index is 659. The number of rotatable bonds is 3. The Balaban J connectivity index is 1.42. The summed E-state index contributed by atoms with van der Waals surface area (Å²) in [4.78, 5) is 19.9. The molecule has 3 aliphatic heterocycles. The van der Waals surface area contributed by atoms with Crippen LogP contribution in [0.5, 0.6) is 0 Å². The van der Waals surface area contributed by atoms with Crippen molar-refractivity contribution in [1.82, 2.24) is 9.80 Å². The smallest absolute Gasteiger partial charge is 0.244 e. The van der Waals surface area contributed by atoms with Gasteiger partial charge in [-0.05, 0) is 76.0 Å². The number of nitrogens with zero attached hydrogens (tertiary/aromatic N) is 4.